The lowest BCUT2D eigenvalue weighted by molar-refractivity contribution is -0.133. The molecule has 0 radical (unpaired) electrons. The average molecular weight is 557 g/mol. The lowest BCUT2D eigenvalue weighted by atomic mass is 9.80. The second-order valence-corrected chi connectivity index (χ2v) is 13.5. The van der Waals surface area contributed by atoms with E-state index in [1.54, 1.807) is 20.8 Å². The van der Waals surface area contributed by atoms with Crippen LogP contribution >= 0.6 is 0 Å². The van der Waals surface area contributed by atoms with Gasteiger partial charge in [-0.3, -0.25) is 9.59 Å². The first-order chi connectivity index (χ1) is 18.3. The van der Waals surface area contributed by atoms with E-state index < -0.39 is 38.9 Å². The highest BCUT2D eigenvalue weighted by atomic mass is 32.2. The highest BCUT2D eigenvalue weighted by molar-refractivity contribution is 7.90. The van der Waals surface area contributed by atoms with E-state index in [9.17, 15) is 22.8 Å². The van der Waals surface area contributed by atoms with Crippen LogP contribution in [0.25, 0.3) is 11.1 Å². The summed E-state index contributed by atoms with van der Waals surface area (Å²) in [6, 6.07) is 13.2. The maximum Gasteiger partial charge on any atom is 0.408 e. The fourth-order valence-corrected chi connectivity index (χ4v) is 6.71. The van der Waals surface area contributed by atoms with Crippen molar-refractivity contribution >= 4 is 27.6 Å². The first-order valence-corrected chi connectivity index (χ1v) is 14.9. The molecule has 2 aromatic carbocycles. The Morgan fingerprint density at radius 1 is 1.00 bits per heavy atom. The molecular formula is C29H36N2O7S. The highest BCUT2D eigenvalue weighted by Gasteiger charge is 2.43. The van der Waals surface area contributed by atoms with Crippen LogP contribution in [0.4, 0.5) is 4.79 Å². The van der Waals surface area contributed by atoms with Crippen molar-refractivity contribution in [2.75, 3.05) is 13.2 Å². The van der Waals surface area contributed by atoms with E-state index in [1.807, 2.05) is 42.5 Å². The van der Waals surface area contributed by atoms with Gasteiger partial charge >= 0.3 is 6.09 Å². The molecule has 1 fully saturated rings. The molecule has 2 aromatic rings. The third kappa shape index (κ3) is 7.24. The van der Waals surface area contributed by atoms with E-state index in [0.717, 1.165) is 27.8 Å². The minimum atomic E-state index is -3.08. The van der Waals surface area contributed by atoms with Gasteiger partial charge in [-0.05, 0) is 61.1 Å². The Kier molecular flexibility index (Phi) is 8.18. The van der Waals surface area contributed by atoms with Crippen LogP contribution in [-0.4, -0.2) is 50.6 Å². The molecule has 2 aliphatic heterocycles. The van der Waals surface area contributed by atoms with Crippen molar-refractivity contribution in [3.63, 3.8) is 0 Å². The van der Waals surface area contributed by atoms with E-state index in [1.165, 1.54) is 0 Å². The van der Waals surface area contributed by atoms with Crippen LogP contribution < -0.4 is 11.1 Å². The largest absolute Gasteiger partial charge is 0.444 e. The molecule has 0 saturated carbocycles. The zero-order valence-corrected chi connectivity index (χ0v) is 23.4. The molecule has 4 rings (SSSR count). The van der Waals surface area contributed by atoms with Gasteiger partial charge in [-0.15, -0.1) is 0 Å². The molecule has 1 atom stereocenters. The van der Waals surface area contributed by atoms with E-state index in [4.69, 9.17) is 15.2 Å². The number of nitrogens with two attached hydrogens (primary N) is 1. The fraction of sp³-hybridized carbons (Fsp3) is 0.483. The van der Waals surface area contributed by atoms with Crippen molar-refractivity contribution in [2.45, 2.75) is 69.1 Å². The number of sulfone groups is 1. The normalized spacial score (nSPS) is 18.5. The molecular weight excluding hydrogens is 520 g/mol. The molecule has 0 unspecified atom stereocenters. The molecule has 2 amide bonds. The van der Waals surface area contributed by atoms with Gasteiger partial charge in [0.1, 0.15) is 11.1 Å². The quantitative estimate of drug-likeness (QED) is 0.507. The number of ketones is 1. The van der Waals surface area contributed by atoms with Gasteiger partial charge in [-0.2, -0.15) is 0 Å². The number of primary amides is 1. The van der Waals surface area contributed by atoms with Crippen LogP contribution in [0.1, 0.15) is 56.7 Å². The summed E-state index contributed by atoms with van der Waals surface area (Å²) in [4.78, 5) is 38.4. The lowest BCUT2D eigenvalue weighted by Crippen LogP contribution is -2.58. The van der Waals surface area contributed by atoms with E-state index in [2.05, 4.69) is 5.32 Å². The Labute approximate surface area is 229 Å². The highest BCUT2D eigenvalue weighted by Crippen LogP contribution is 2.31. The number of hydrogen-bond donors (Lipinski definition) is 2. The molecule has 1 saturated heterocycles. The second kappa shape index (κ2) is 11.1. The Bertz CT molecular complexity index is 1350. The zero-order chi connectivity index (χ0) is 28.4. The van der Waals surface area contributed by atoms with Crippen molar-refractivity contribution in [3.05, 3.63) is 59.2 Å². The van der Waals surface area contributed by atoms with Gasteiger partial charge in [-0.1, -0.05) is 36.4 Å². The Morgan fingerprint density at radius 2 is 1.62 bits per heavy atom. The molecule has 2 heterocycles. The number of amides is 2. The van der Waals surface area contributed by atoms with Crippen molar-refractivity contribution in [1.29, 1.82) is 0 Å². The minimum absolute atomic E-state index is 0.0545. The number of carbonyl (C=O) groups excluding carboxylic acids is 3. The first kappa shape index (κ1) is 28.8. The maximum absolute atomic E-state index is 13.5. The summed E-state index contributed by atoms with van der Waals surface area (Å²) in [7, 11) is -3.08. The predicted molar refractivity (Wildman–Crippen MR) is 146 cm³/mol. The monoisotopic (exact) mass is 556 g/mol. The Hall–Kier alpha value is -3.24. The molecule has 0 aromatic heterocycles. The summed E-state index contributed by atoms with van der Waals surface area (Å²) < 4.78 is 34.7. The number of benzene rings is 2. The van der Waals surface area contributed by atoms with Gasteiger partial charge in [0.2, 0.25) is 5.91 Å². The zero-order valence-electron chi connectivity index (χ0n) is 22.6. The summed E-state index contributed by atoms with van der Waals surface area (Å²) in [6.07, 6.45) is 0.0310. The standard InChI is InChI=1S/C29H36N2O7S/c1-28(2,3)38-27(34)31-29(10-12-37-13-11-29)25(32)16-23(26(30)33)14-19-4-6-20(7-5-19)21-8-9-22-17-39(35,36)18-24(22)15-21/h4-9,15,23H,10-14,16-18H2,1-3H3,(H2,30,33)(H,31,34)/t23-/m1/s1. The number of hydrogen-bond acceptors (Lipinski definition) is 7. The average Bonchev–Trinajstić information content (AvgIpc) is 3.16. The van der Waals surface area contributed by atoms with Crippen molar-refractivity contribution < 1.29 is 32.3 Å². The third-order valence-corrected chi connectivity index (χ3v) is 8.68. The molecule has 9 nitrogen and oxygen atoms in total. The SMILES string of the molecule is CC(C)(C)OC(=O)NC1(C(=O)C[C@@H](Cc2ccc(-c3ccc4c(c3)CS(=O)(=O)C4)cc2)C(N)=O)CCOCC1. The lowest BCUT2D eigenvalue weighted by Gasteiger charge is -2.37. The molecule has 39 heavy (non-hydrogen) atoms. The molecule has 210 valence electrons. The van der Waals surface area contributed by atoms with Crippen LogP contribution in [-0.2, 0) is 46.8 Å². The van der Waals surface area contributed by atoms with Crippen molar-refractivity contribution in [1.82, 2.24) is 5.32 Å². The molecule has 0 spiro atoms. The van der Waals surface area contributed by atoms with E-state index in [0.29, 0.717) is 13.2 Å². The topological polar surface area (TPSA) is 142 Å². The fourth-order valence-electron chi connectivity index (χ4n) is 5.11. The van der Waals surface area contributed by atoms with Gasteiger partial charge in [-0.25, -0.2) is 13.2 Å². The van der Waals surface area contributed by atoms with Crippen LogP contribution in [0.3, 0.4) is 0 Å². The smallest absolute Gasteiger partial charge is 0.408 e. The molecule has 2 aliphatic rings. The Balaban J connectivity index is 1.46. The summed E-state index contributed by atoms with van der Waals surface area (Å²) >= 11 is 0. The summed E-state index contributed by atoms with van der Waals surface area (Å²) in [5, 5.41) is 2.76. The van der Waals surface area contributed by atoms with Crippen molar-refractivity contribution in [3.8, 4) is 11.1 Å². The summed E-state index contributed by atoms with van der Waals surface area (Å²) in [5.41, 5.74) is 8.13. The second-order valence-electron chi connectivity index (χ2n) is 11.5. The summed E-state index contributed by atoms with van der Waals surface area (Å²) in [5.74, 6) is -1.49. The molecule has 3 N–H and O–H groups in total. The number of nitrogens with one attached hydrogen (secondary N) is 1. The van der Waals surface area contributed by atoms with E-state index >= 15 is 0 Å². The molecule has 0 bridgehead atoms. The van der Waals surface area contributed by atoms with Gasteiger partial charge in [0, 0.05) is 38.4 Å². The van der Waals surface area contributed by atoms with Gasteiger partial charge in [0.25, 0.3) is 0 Å². The van der Waals surface area contributed by atoms with Gasteiger partial charge < -0.3 is 20.5 Å². The third-order valence-electron chi connectivity index (χ3n) is 7.18. The predicted octanol–water partition coefficient (Wildman–Crippen LogP) is 3.46. The Morgan fingerprint density at radius 3 is 2.23 bits per heavy atom. The summed E-state index contributed by atoms with van der Waals surface area (Å²) in [6.45, 7) is 5.84. The number of ether oxygens (including phenoxy) is 2. The first-order valence-electron chi connectivity index (χ1n) is 13.1. The molecule has 10 heteroatoms. The number of Topliss-reactive ketones (excluding diaryl/α,β-unsaturated/α-hetero) is 1. The number of rotatable bonds is 8. The van der Waals surface area contributed by atoms with Crippen LogP contribution in [0.2, 0.25) is 0 Å². The van der Waals surface area contributed by atoms with Crippen LogP contribution in [0.15, 0.2) is 42.5 Å². The molecule has 0 aliphatic carbocycles. The van der Waals surface area contributed by atoms with Gasteiger partial charge in [0.15, 0.2) is 15.6 Å². The van der Waals surface area contributed by atoms with Crippen LogP contribution in [0.5, 0.6) is 0 Å². The number of alkyl carbamates (subject to hydrolysis) is 1. The van der Waals surface area contributed by atoms with Gasteiger partial charge in [0.05, 0.1) is 11.5 Å². The minimum Gasteiger partial charge on any atom is -0.444 e. The maximum atomic E-state index is 13.5. The van der Waals surface area contributed by atoms with Crippen molar-refractivity contribution in [2.24, 2.45) is 11.7 Å². The van der Waals surface area contributed by atoms with E-state index in [-0.39, 0.29) is 43.0 Å². The number of fused-ring (bicyclic) bond motifs is 1. The van der Waals surface area contributed by atoms with Crippen LogP contribution in [0, 0.1) is 5.92 Å². The number of carbonyl (C=O) groups is 3.